The molecule has 0 saturated carbocycles. The smallest absolute Gasteiger partial charge is 0.328 e. The molecule has 0 amide bonds. The van der Waals surface area contributed by atoms with Crippen molar-refractivity contribution in [2.75, 3.05) is 26.0 Å². The van der Waals surface area contributed by atoms with Gasteiger partial charge in [0.25, 0.3) is 0 Å². The van der Waals surface area contributed by atoms with Crippen molar-refractivity contribution < 1.29 is 9.90 Å². The molecule has 0 aromatic heterocycles. The zero-order valence-corrected chi connectivity index (χ0v) is 15.2. The van der Waals surface area contributed by atoms with Crippen molar-refractivity contribution in [1.82, 2.24) is 4.90 Å². The summed E-state index contributed by atoms with van der Waals surface area (Å²) in [5.74, 6) is -0.940. The quantitative estimate of drug-likeness (QED) is 0.799. The molecule has 2 aromatic rings. The van der Waals surface area contributed by atoms with Crippen molar-refractivity contribution >= 4 is 23.3 Å². The maximum Gasteiger partial charge on any atom is 0.328 e. The molecular formula is C22H24N2O2. The summed E-state index contributed by atoms with van der Waals surface area (Å²) in [7, 11) is 4.15. The molecule has 1 aliphatic heterocycles. The molecule has 0 radical (unpaired) electrons. The van der Waals surface area contributed by atoms with Gasteiger partial charge in [-0.25, -0.2) is 4.79 Å². The van der Waals surface area contributed by atoms with Gasteiger partial charge in [0, 0.05) is 30.4 Å². The lowest BCUT2D eigenvalue weighted by Gasteiger charge is -2.13. The minimum Gasteiger partial charge on any atom is -0.478 e. The average Bonchev–Trinajstić information content (AvgIpc) is 2.77. The molecule has 2 N–H and O–H groups in total. The molecule has 0 unspecified atom stereocenters. The van der Waals surface area contributed by atoms with Crippen LogP contribution >= 0.6 is 0 Å². The molecule has 4 nitrogen and oxygen atoms in total. The van der Waals surface area contributed by atoms with Crippen LogP contribution < -0.4 is 5.32 Å². The first-order chi connectivity index (χ1) is 12.5. The molecule has 3 rings (SSSR count). The Morgan fingerprint density at radius 2 is 2.00 bits per heavy atom. The first-order valence-corrected chi connectivity index (χ1v) is 8.77. The van der Waals surface area contributed by atoms with E-state index in [9.17, 15) is 4.79 Å². The third-order valence-electron chi connectivity index (χ3n) is 4.45. The number of nitrogens with zero attached hydrogens (tertiary/aromatic N) is 1. The minimum atomic E-state index is -0.940. The molecule has 1 heterocycles. The summed E-state index contributed by atoms with van der Waals surface area (Å²) in [4.78, 5) is 13.0. The third kappa shape index (κ3) is 4.21. The molecule has 0 fully saturated rings. The summed E-state index contributed by atoms with van der Waals surface area (Å²) in [5.41, 5.74) is 6.77. The van der Waals surface area contributed by atoms with Crippen molar-refractivity contribution in [3.05, 3.63) is 76.9 Å². The van der Waals surface area contributed by atoms with E-state index in [4.69, 9.17) is 5.11 Å². The van der Waals surface area contributed by atoms with Crippen LogP contribution in [-0.4, -0.2) is 36.6 Å². The van der Waals surface area contributed by atoms with E-state index in [1.165, 1.54) is 22.8 Å². The van der Waals surface area contributed by atoms with Gasteiger partial charge in [-0.1, -0.05) is 36.4 Å². The SMILES string of the molecule is CN(C)CC/C=C1/c2ccccc2CNc2ccc(/C=C/C(=O)O)cc21. The fourth-order valence-electron chi connectivity index (χ4n) is 3.17. The average molecular weight is 348 g/mol. The topological polar surface area (TPSA) is 52.6 Å². The van der Waals surface area contributed by atoms with Crippen LogP contribution in [0.15, 0.2) is 54.6 Å². The second-order valence-electron chi connectivity index (χ2n) is 6.70. The first kappa shape index (κ1) is 18.0. The Balaban J connectivity index is 2.08. The van der Waals surface area contributed by atoms with Gasteiger partial charge in [0.05, 0.1) is 0 Å². The van der Waals surface area contributed by atoms with Gasteiger partial charge < -0.3 is 15.3 Å². The van der Waals surface area contributed by atoms with Crippen LogP contribution in [0.3, 0.4) is 0 Å². The number of hydrogen-bond acceptors (Lipinski definition) is 3. The molecule has 0 atom stereocenters. The normalized spacial score (nSPS) is 14.8. The van der Waals surface area contributed by atoms with Crippen molar-refractivity contribution in [2.45, 2.75) is 13.0 Å². The number of rotatable bonds is 5. The van der Waals surface area contributed by atoms with Crippen LogP contribution in [0.1, 0.15) is 28.7 Å². The zero-order valence-electron chi connectivity index (χ0n) is 15.2. The summed E-state index contributed by atoms with van der Waals surface area (Å²) in [6.07, 6.45) is 6.05. The Bertz CT molecular complexity index is 866. The monoisotopic (exact) mass is 348 g/mol. The summed E-state index contributed by atoms with van der Waals surface area (Å²) in [5, 5.41) is 12.4. The van der Waals surface area contributed by atoms with E-state index in [-0.39, 0.29) is 0 Å². The van der Waals surface area contributed by atoms with Crippen molar-refractivity contribution in [3.8, 4) is 0 Å². The Morgan fingerprint density at radius 1 is 1.19 bits per heavy atom. The molecule has 0 saturated heterocycles. The van der Waals surface area contributed by atoms with Gasteiger partial charge >= 0.3 is 5.97 Å². The van der Waals surface area contributed by atoms with Crippen molar-refractivity contribution in [3.63, 3.8) is 0 Å². The lowest BCUT2D eigenvalue weighted by atomic mass is 9.92. The van der Waals surface area contributed by atoms with Crippen LogP contribution in [0.4, 0.5) is 5.69 Å². The van der Waals surface area contributed by atoms with E-state index in [0.717, 1.165) is 36.3 Å². The zero-order chi connectivity index (χ0) is 18.5. The third-order valence-corrected chi connectivity index (χ3v) is 4.45. The van der Waals surface area contributed by atoms with E-state index >= 15 is 0 Å². The maximum absolute atomic E-state index is 10.8. The molecule has 0 aliphatic carbocycles. The van der Waals surface area contributed by atoms with Gasteiger partial charge in [-0.3, -0.25) is 0 Å². The number of carboxylic acid groups (broad SMARTS) is 1. The summed E-state index contributed by atoms with van der Waals surface area (Å²) in [6, 6.07) is 14.5. The largest absolute Gasteiger partial charge is 0.478 e. The van der Waals surface area contributed by atoms with Crippen molar-refractivity contribution in [1.29, 1.82) is 0 Å². The van der Waals surface area contributed by atoms with Crippen molar-refractivity contribution in [2.24, 2.45) is 0 Å². The standard InChI is InChI=1S/C22H24N2O2/c1-24(2)13-5-8-19-18-7-4-3-6-17(18)15-23-21-11-9-16(14-20(19)21)10-12-22(25)26/h3-4,6-12,14,23H,5,13,15H2,1-2H3,(H,25,26)/b12-10+,19-8-. The first-order valence-electron chi connectivity index (χ1n) is 8.77. The number of benzene rings is 2. The maximum atomic E-state index is 10.8. The highest BCUT2D eigenvalue weighted by molar-refractivity contribution is 5.91. The summed E-state index contributed by atoms with van der Waals surface area (Å²) < 4.78 is 0. The molecule has 26 heavy (non-hydrogen) atoms. The number of hydrogen-bond donors (Lipinski definition) is 2. The Morgan fingerprint density at radius 3 is 2.77 bits per heavy atom. The van der Waals surface area contributed by atoms with E-state index < -0.39 is 5.97 Å². The molecule has 1 aliphatic rings. The Hall–Kier alpha value is -2.85. The number of aliphatic carboxylic acids is 1. The molecule has 134 valence electrons. The molecule has 0 bridgehead atoms. The van der Waals surface area contributed by atoms with Gasteiger partial charge in [0.2, 0.25) is 0 Å². The fourth-order valence-corrected chi connectivity index (χ4v) is 3.17. The Kier molecular flexibility index (Phi) is 5.54. The predicted octanol–water partition coefficient (Wildman–Crippen LogP) is 4.09. The van der Waals surface area contributed by atoms with Crippen LogP contribution in [0.5, 0.6) is 0 Å². The molecule has 2 aromatic carbocycles. The van der Waals surface area contributed by atoms with Crippen LogP contribution in [0.25, 0.3) is 11.6 Å². The highest BCUT2D eigenvalue weighted by atomic mass is 16.4. The van der Waals surface area contributed by atoms with Gasteiger partial charge in [0.1, 0.15) is 0 Å². The van der Waals surface area contributed by atoms with Gasteiger partial charge in [0.15, 0.2) is 0 Å². The van der Waals surface area contributed by atoms with Gasteiger partial charge in [-0.15, -0.1) is 0 Å². The molecule has 4 heteroatoms. The number of carbonyl (C=O) groups is 1. The summed E-state index contributed by atoms with van der Waals surface area (Å²) in [6.45, 7) is 1.76. The number of anilines is 1. The number of fused-ring (bicyclic) bond motifs is 2. The van der Waals surface area contributed by atoms with E-state index in [0.29, 0.717) is 0 Å². The second-order valence-corrected chi connectivity index (χ2v) is 6.70. The highest BCUT2D eigenvalue weighted by Gasteiger charge is 2.17. The van der Waals surface area contributed by atoms with Gasteiger partial charge in [-0.05, 0) is 61.0 Å². The van der Waals surface area contributed by atoms with Crippen LogP contribution in [0.2, 0.25) is 0 Å². The molecular weight excluding hydrogens is 324 g/mol. The van der Waals surface area contributed by atoms with Crippen LogP contribution in [-0.2, 0) is 11.3 Å². The Labute approximate surface area is 154 Å². The molecule has 0 spiro atoms. The lowest BCUT2D eigenvalue weighted by Crippen LogP contribution is -2.12. The minimum absolute atomic E-state index is 0.776. The van der Waals surface area contributed by atoms with E-state index in [1.54, 1.807) is 6.08 Å². The van der Waals surface area contributed by atoms with E-state index in [1.807, 2.05) is 12.1 Å². The fraction of sp³-hybridized carbons (Fsp3) is 0.227. The van der Waals surface area contributed by atoms with E-state index in [2.05, 4.69) is 60.7 Å². The lowest BCUT2D eigenvalue weighted by molar-refractivity contribution is -0.131. The predicted molar refractivity (Wildman–Crippen MR) is 107 cm³/mol. The second kappa shape index (κ2) is 8.02. The van der Waals surface area contributed by atoms with Crippen LogP contribution in [0, 0.1) is 0 Å². The number of nitrogens with one attached hydrogen (secondary N) is 1. The summed E-state index contributed by atoms with van der Waals surface area (Å²) >= 11 is 0. The number of carboxylic acids is 1. The van der Waals surface area contributed by atoms with Gasteiger partial charge in [-0.2, -0.15) is 0 Å². The highest BCUT2D eigenvalue weighted by Crippen LogP contribution is 2.36.